The third-order valence-electron chi connectivity index (χ3n) is 11.2. The molecular weight excluding hydrogens is 653 g/mol. The van der Waals surface area contributed by atoms with Crippen molar-refractivity contribution in [2.45, 2.75) is 0 Å². The van der Waals surface area contributed by atoms with Gasteiger partial charge in [-0.05, 0) is 129 Å². The van der Waals surface area contributed by atoms with E-state index in [-0.39, 0.29) is 0 Å². The molecule has 54 heavy (non-hydrogen) atoms. The van der Waals surface area contributed by atoms with Crippen molar-refractivity contribution in [1.82, 2.24) is 9.97 Å². The number of benzene rings is 9. The van der Waals surface area contributed by atoms with Crippen LogP contribution in [-0.4, -0.2) is 9.97 Å². The maximum Gasteiger partial charge on any atom is 0.0717 e. The third kappa shape index (κ3) is 4.74. The number of nitrogens with zero attached hydrogens (tertiary/aromatic N) is 2. The molecule has 2 heteroatoms. The van der Waals surface area contributed by atoms with Crippen molar-refractivity contribution in [3.8, 4) is 44.6 Å². The van der Waals surface area contributed by atoms with Crippen LogP contribution in [0.15, 0.2) is 195 Å². The van der Waals surface area contributed by atoms with E-state index in [1.165, 1.54) is 86.9 Å². The Morgan fingerprint density at radius 1 is 0.296 bits per heavy atom. The topological polar surface area (TPSA) is 25.8 Å². The van der Waals surface area contributed by atoms with Gasteiger partial charge >= 0.3 is 0 Å². The second-order valence-corrected chi connectivity index (χ2v) is 14.1. The predicted octanol–water partition coefficient (Wildman–Crippen LogP) is 14.1. The summed E-state index contributed by atoms with van der Waals surface area (Å²) in [4.78, 5) is 9.21. The Kier molecular flexibility index (Phi) is 6.90. The Labute approximate surface area is 312 Å². The number of fused-ring (bicyclic) bond motifs is 8. The van der Waals surface area contributed by atoms with Crippen LogP contribution in [0, 0.1) is 0 Å². The molecule has 2 nitrogen and oxygen atoms in total. The summed E-state index contributed by atoms with van der Waals surface area (Å²) in [6, 6.07) is 64.4. The Hall–Kier alpha value is -7.16. The van der Waals surface area contributed by atoms with Gasteiger partial charge in [-0.2, -0.15) is 0 Å². The summed E-state index contributed by atoms with van der Waals surface area (Å²) in [5.41, 5.74) is 9.11. The van der Waals surface area contributed by atoms with Gasteiger partial charge < -0.3 is 0 Å². The monoisotopic (exact) mass is 684 g/mol. The molecule has 0 fully saturated rings. The van der Waals surface area contributed by atoms with Crippen LogP contribution in [0.4, 0.5) is 0 Å². The van der Waals surface area contributed by atoms with E-state index in [0.29, 0.717) is 0 Å². The van der Waals surface area contributed by atoms with E-state index >= 15 is 0 Å². The van der Waals surface area contributed by atoms with Crippen molar-refractivity contribution in [2.75, 3.05) is 0 Å². The number of hydrogen-bond acceptors (Lipinski definition) is 2. The maximum atomic E-state index is 4.90. The lowest BCUT2D eigenvalue weighted by molar-refractivity contribution is 1.28. The van der Waals surface area contributed by atoms with Crippen molar-refractivity contribution in [1.29, 1.82) is 0 Å². The molecular formula is C52H32N2. The SMILES string of the molecule is c1cncc(-c2ccc(-c3ccc4c(-c5cc6ccccc6c6ccccc56)c5ccccc5c(-c5cc6ccccc6c6ccccc56)c4c3)cn2)c1. The minimum Gasteiger partial charge on any atom is -0.264 e. The van der Waals surface area contributed by atoms with Gasteiger partial charge in [-0.1, -0.05) is 140 Å². The fourth-order valence-corrected chi connectivity index (χ4v) is 8.71. The van der Waals surface area contributed by atoms with Gasteiger partial charge in [-0.15, -0.1) is 0 Å². The van der Waals surface area contributed by atoms with Gasteiger partial charge in [-0.3, -0.25) is 9.97 Å². The highest BCUT2D eigenvalue weighted by Gasteiger charge is 2.21. The quantitative estimate of drug-likeness (QED) is 0.136. The van der Waals surface area contributed by atoms with Crippen molar-refractivity contribution >= 4 is 64.6 Å². The molecule has 0 amide bonds. The lowest BCUT2D eigenvalue weighted by Gasteiger charge is -2.21. The predicted molar refractivity (Wildman–Crippen MR) is 229 cm³/mol. The Morgan fingerprint density at radius 2 is 0.796 bits per heavy atom. The molecule has 0 bridgehead atoms. The van der Waals surface area contributed by atoms with Crippen molar-refractivity contribution in [3.05, 3.63) is 195 Å². The molecule has 0 spiro atoms. The smallest absolute Gasteiger partial charge is 0.0717 e. The van der Waals surface area contributed by atoms with Crippen LogP contribution in [0.5, 0.6) is 0 Å². The van der Waals surface area contributed by atoms with Gasteiger partial charge in [0.1, 0.15) is 0 Å². The number of pyridine rings is 2. The zero-order valence-corrected chi connectivity index (χ0v) is 29.4. The highest BCUT2D eigenvalue weighted by atomic mass is 14.7. The van der Waals surface area contributed by atoms with Gasteiger partial charge in [0, 0.05) is 29.7 Å². The molecule has 9 aromatic carbocycles. The summed E-state index contributed by atoms with van der Waals surface area (Å²) < 4.78 is 0. The average Bonchev–Trinajstić information content (AvgIpc) is 3.25. The van der Waals surface area contributed by atoms with E-state index in [4.69, 9.17) is 4.98 Å². The zero-order chi connectivity index (χ0) is 35.6. The van der Waals surface area contributed by atoms with Crippen LogP contribution in [0.2, 0.25) is 0 Å². The lowest BCUT2D eigenvalue weighted by Crippen LogP contribution is -1.94. The average molecular weight is 685 g/mol. The highest BCUT2D eigenvalue weighted by molar-refractivity contribution is 6.28. The van der Waals surface area contributed by atoms with Crippen molar-refractivity contribution in [3.63, 3.8) is 0 Å². The van der Waals surface area contributed by atoms with Gasteiger partial charge in [-0.25, -0.2) is 0 Å². The molecule has 11 aromatic rings. The Morgan fingerprint density at radius 3 is 1.35 bits per heavy atom. The molecule has 0 aliphatic heterocycles. The second-order valence-electron chi connectivity index (χ2n) is 14.1. The molecule has 11 rings (SSSR count). The molecule has 0 unspecified atom stereocenters. The van der Waals surface area contributed by atoms with E-state index in [2.05, 4.69) is 169 Å². The minimum atomic E-state index is 0.910. The van der Waals surface area contributed by atoms with Crippen molar-refractivity contribution in [2.24, 2.45) is 0 Å². The number of aromatic nitrogens is 2. The summed E-state index contributed by atoms with van der Waals surface area (Å²) in [6.45, 7) is 0. The summed E-state index contributed by atoms with van der Waals surface area (Å²) >= 11 is 0. The van der Waals surface area contributed by atoms with Gasteiger partial charge in [0.15, 0.2) is 0 Å². The van der Waals surface area contributed by atoms with Crippen LogP contribution in [0.25, 0.3) is 109 Å². The van der Waals surface area contributed by atoms with Gasteiger partial charge in [0.2, 0.25) is 0 Å². The number of rotatable bonds is 4. The minimum absolute atomic E-state index is 0.910. The molecule has 250 valence electrons. The fraction of sp³-hybridized carbons (Fsp3) is 0. The standard InChI is InChI=1S/C52H32N2/c1-3-15-38-34(12-1)29-47(42-19-7-5-17-40(38)42)51-44-21-9-10-22-45(44)52(48-30-35-13-2-4-16-39(35)41-18-6-8-20-43(41)48)49-28-33(23-25-46(49)51)36-24-26-50(54-32-36)37-14-11-27-53-31-37/h1-32H. The first-order chi connectivity index (χ1) is 26.8. The Balaban J connectivity index is 1.28. The zero-order valence-electron chi connectivity index (χ0n) is 29.4. The molecule has 0 radical (unpaired) electrons. The molecule has 0 aliphatic carbocycles. The van der Waals surface area contributed by atoms with Gasteiger partial charge in [0.05, 0.1) is 5.69 Å². The normalized spacial score (nSPS) is 11.7. The van der Waals surface area contributed by atoms with Crippen LogP contribution >= 0.6 is 0 Å². The Bertz CT molecular complexity index is 3250. The van der Waals surface area contributed by atoms with E-state index in [0.717, 1.165) is 22.4 Å². The lowest BCUT2D eigenvalue weighted by atomic mass is 9.81. The molecule has 0 saturated carbocycles. The molecule has 2 heterocycles. The maximum absolute atomic E-state index is 4.90. The van der Waals surface area contributed by atoms with E-state index in [9.17, 15) is 0 Å². The van der Waals surface area contributed by atoms with Crippen LogP contribution in [-0.2, 0) is 0 Å². The second kappa shape index (κ2) is 12.2. The number of hydrogen-bond donors (Lipinski definition) is 0. The first-order valence-corrected chi connectivity index (χ1v) is 18.5. The molecule has 0 atom stereocenters. The van der Waals surface area contributed by atoms with E-state index < -0.39 is 0 Å². The molecule has 0 saturated heterocycles. The molecule has 0 aliphatic rings. The van der Waals surface area contributed by atoms with Crippen LogP contribution in [0.1, 0.15) is 0 Å². The van der Waals surface area contributed by atoms with E-state index in [1.807, 2.05) is 24.5 Å². The van der Waals surface area contributed by atoms with Crippen molar-refractivity contribution < 1.29 is 0 Å². The first kappa shape index (κ1) is 30.5. The van der Waals surface area contributed by atoms with Crippen LogP contribution < -0.4 is 0 Å². The summed E-state index contributed by atoms with van der Waals surface area (Å²) in [7, 11) is 0. The largest absolute Gasteiger partial charge is 0.264 e. The van der Waals surface area contributed by atoms with Gasteiger partial charge in [0.25, 0.3) is 0 Å². The first-order valence-electron chi connectivity index (χ1n) is 18.5. The van der Waals surface area contributed by atoms with Crippen LogP contribution in [0.3, 0.4) is 0 Å². The summed E-state index contributed by atoms with van der Waals surface area (Å²) in [5.74, 6) is 0. The fourth-order valence-electron chi connectivity index (χ4n) is 8.71. The molecule has 2 aromatic heterocycles. The molecule has 0 N–H and O–H groups in total. The third-order valence-corrected chi connectivity index (χ3v) is 11.2. The highest BCUT2D eigenvalue weighted by Crippen LogP contribution is 2.49. The summed E-state index contributed by atoms with van der Waals surface area (Å²) in [5, 5.41) is 15.0. The van der Waals surface area contributed by atoms with E-state index in [1.54, 1.807) is 6.20 Å². The summed E-state index contributed by atoms with van der Waals surface area (Å²) in [6.07, 6.45) is 5.65.